The molecule has 0 fully saturated rings. The van der Waals surface area contributed by atoms with E-state index < -0.39 is 0 Å². The number of hydrogen-bond donors (Lipinski definition) is 1. The quantitative estimate of drug-likeness (QED) is 0.733. The Hall–Kier alpha value is -1.44. The number of hydrogen-bond acceptors (Lipinski definition) is 4. The third-order valence-corrected chi connectivity index (χ3v) is 1.66. The normalized spacial score (nSPS) is 12.1. The molecule has 0 amide bonds. The van der Waals surface area contributed by atoms with Gasteiger partial charge in [0.25, 0.3) is 0 Å². The summed E-state index contributed by atoms with van der Waals surface area (Å²) in [4.78, 5) is 3.90. The molecule has 68 valence electrons. The van der Waals surface area contributed by atoms with E-state index in [1.165, 1.54) is 6.20 Å². The van der Waals surface area contributed by atoms with Crippen LogP contribution in [0.25, 0.3) is 0 Å². The van der Waals surface area contributed by atoms with E-state index in [2.05, 4.69) is 4.98 Å². The molecule has 4 heteroatoms. The Morgan fingerprint density at radius 1 is 1.69 bits per heavy atom. The zero-order valence-corrected chi connectivity index (χ0v) is 7.40. The molecule has 0 saturated heterocycles. The fraction of sp³-hybridized carbons (Fsp3) is 0.333. The number of pyridine rings is 1. The Bertz CT molecular complexity index is 319. The van der Waals surface area contributed by atoms with Crippen molar-refractivity contribution >= 4 is 0 Å². The van der Waals surface area contributed by atoms with Crippen LogP contribution in [0, 0.1) is 11.3 Å². The molecule has 1 aromatic heterocycles. The van der Waals surface area contributed by atoms with Crippen LogP contribution < -0.4 is 5.73 Å². The van der Waals surface area contributed by atoms with Gasteiger partial charge in [-0.05, 0) is 11.6 Å². The van der Waals surface area contributed by atoms with Crippen LogP contribution >= 0.6 is 0 Å². The Balaban J connectivity index is 2.83. The van der Waals surface area contributed by atoms with Gasteiger partial charge >= 0.3 is 0 Å². The first kappa shape index (κ1) is 9.65. The lowest BCUT2D eigenvalue weighted by atomic mass is 10.1. The minimum Gasteiger partial charge on any atom is -0.383 e. The SMILES string of the molecule is COCC(N)c1cncc(C#N)c1. The van der Waals surface area contributed by atoms with E-state index in [9.17, 15) is 0 Å². The van der Waals surface area contributed by atoms with E-state index in [1.54, 1.807) is 19.4 Å². The molecule has 0 aromatic carbocycles. The number of aromatic nitrogens is 1. The zero-order chi connectivity index (χ0) is 9.68. The molecule has 0 saturated carbocycles. The van der Waals surface area contributed by atoms with Gasteiger partial charge in [-0.2, -0.15) is 5.26 Å². The highest BCUT2D eigenvalue weighted by Crippen LogP contribution is 2.10. The van der Waals surface area contributed by atoms with E-state index in [0.29, 0.717) is 12.2 Å². The van der Waals surface area contributed by atoms with Crippen LogP contribution in [-0.2, 0) is 4.74 Å². The van der Waals surface area contributed by atoms with E-state index in [4.69, 9.17) is 15.7 Å². The first-order valence-electron chi connectivity index (χ1n) is 3.87. The third kappa shape index (κ3) is 2.51. The summed E-state index contributed by atoms with van der Waals surface area (Å²) < 4.78 is 4.90. The van der Waals surface area contributed by atoms with Gasteiger partial charge in [-0.25, -0.2) is 0 Å². The summed E-state index contributed by atoms with van der Waals surface area (Å²) in [7, 11) is 1.58. The van der Waals surface area contributed by atoms with E-state index >= 15 is 0 Å². The topological polar surface area (TPSA) is 71.9 Å². The molecule has 1 aromatic rings. The summed E-state index contributed by atoms with van der Waals surface area (Å²) in [5, 5.41) is 8.61. The maximum atomic E-state index is 8.61. The molecule has 0 bridgehead atoms. The predicted molar refractivity (Wildman–Crippen MR) is 47.8 cm³/mol. The van der Waals surface area contributed by atoms with Crippen molar-refractivity contribution in [1.82, 2.24) is 4.98 Å². The fourth-order valence-corrected chi connectivity index (χ4v) is 0.997. The van der Waals surface area contributed by atoms with Gasteiger partial charge in [0, 0.05) is 19.5 Å². The average Bonchev–Trinajstić information content (AvgIpc) is 2.18. The summed E-state index contributed by atoms with van der Waals surface area (Å²) in [6.45, 7) is 0.427. The van der Waals surface area contributed by atoms with Gasteiger partial charge in [0.05, 0.1) is 18.2 Å². The van der Waals surface area contributed by atoms with Gasteiger partial charge in [0.2, 0.25) is 0 Å². The van der Waals surface area contributed by atoms with Gasteiger partial charge in [-0.1, -0.05) is 0 Å². The number of nitriles is 1. The van der Waals surface area contributed by atoms with E-state index in [-0.39, 0.29) is 6.04 Å². The second kappa shape index (κ2) is 4.55. The van der Waals surface area contributed by atoms with Crippen molar-refractivity contribution in [2.45, 2.75) is 6.04 Å². The molecule has 0 spiro atoms. The fourth-order valence-electron chi connectivity index (χ4n) is 0.997. The predicted octanol–water partition coefficient (Wildman–Crippen LogP) is 0.599. The van der Waals surface area contributed by atoms with Crippen molar-refractivity contribution in [2.24, 2.45) is 5.73 Å². The van der Waals surface area contributed by atoms with E-state index in [0.717, 1.165) is 5.56 Å². The highest BCUT2D eigenvalue weighted by atomic mass is 16.5. The zero-order valence-electron chi connectivity index (χ0n) is 7.40. The number of ether oxygens (including phenoxy) is 1. The van der Waals surface area contributed by atoms with Crippen molar-refractivity contribution < 1.29 is 4.74 Å². The number of nitrogens with two attached hydrogens (primary N) is 1. The molecule has 1 atom stereocenters. The maximum Gasteiger partial charge on any atom is 0.101 e. The molecular weight excluding hydrogens is 166 g/mol. The Morgan fingerprint density at radius 2 is 2.46 bits per heavy atom. The molecule has 2 N–H and O–H groups in total. The molecule has 1 unspecified atom stereocenters. The largest absolute Gasteiger partial charge is 0.383 e. The van der Waals surface area contributed by atoms with Crippen LogP contribution in [0.15, 0.2) is 18.5 Å². The molecule has 1 heterocycles. The highest BCUT2D eigenvalue weighted by Gasteiger charge is 2.05. The number of methoxy groups -OCH3 is 1. The molecule has 1 rings (SSSR count). The summed E-state index contributed by atoms with van der Waals surface area (Å²) in [6.07, 6.45) is 3.15. The minimum absolute atomic E-state index is 0.217. The maximum absolute atomic E-state index is 8.61. The molecule has 0 aliphatic carbocycles. The van der Waals surface area contributed by atoms with Crippen molar-refractivity contribution in [2.75, 3.05) is 13.7 Å². The Morgan fingerprint density at radius 3 is 3.08 bits per heavy atom. The van der Waals surface area contributed by atoms with Crippen LogP contribution in [0.1, 0.15) is 17.2 Å². The molecule has 0 aliphatic heterocycles. The number of nitrogens with zero attached hydrogens (tertiary/aromatic N) is 2. The van der Waals surface area contributed by atoms with Crippen LogP contribution in [0.5, 0.6) is 0 Å². The second-order valence-electron chi connectivity index (χ2n) is 2.68. The lowest BCUT2D eigenvalue weighted by molar-refractivity contribution is 0.181. The number of rotatable bonds is 3. The summed E-state index contributed by atoms with van der Waals surface area (Å²) in [6, 6.07) is 3.51. The first-order valence-corrected chi connectivity index (χ1v) is 3.87. The van der Waals surface area contributed by atoms with Crippen LogP contribution in [0.2, 0.25) is 0 Å². The monoisotopic (exact) mass is 177 g/mol. The minimum atomic E-state index is -0.217. The van der Waals surface area contributed by atoms with Crippen molar-refractivity contribution in [3.63, 3.8) is 0 Å². The lowest BCUT2D eigenvalue weighted by Gasteiger charge is -2.09. The van der Waals surface area contributed by atoms with Gasteiger partial charge in [0.1, 0.15) is 6.07 Å². The molecule has 4 nitrogen and oxygen atoms in total. The Labute approximate surface area is 77.0 Å². The molecule has 13 heavy (non-hydrogen) atoms. The second-order valence-corrected chi connectivity index (χ2v) is 2.68. The third-order valence-electron chi connectivity index (χ3n) is 1.66. The average molecular weight is 177 g/mol. The molecule has 0 aliphatic rings. The highest BCUT2D eigenvalue weighted by molar-refractivity contribution is 5.30. The first-order chi connectivity index (χ1) is 6.27. The standard InChI is InChI=1S/C9H11N3O/c1-13-6-9(11)8-2-7(3-10)4-12-5-8/h2,4-5,9H,6,11H2,1H3. The summed E-state index contributed by atoms with van der Waals surface area (Å²) >= 11 is 0. The van der Waals surface area contributed by atoms with Crippen molar-refractivity contribution in [1.29, 1.82) is 5.26 Å². The van der Waals surface area contributed by atoms with E-state index in [1.807, 2.05) is 6.07 Å². The Kier molecular flexibility index (Phi) is 3.38. The van der Waals surface area contributed by atoms with Crippen molar-refractivity contribution in [3.8, 4) is 6.07 Å². The van der Waals surface area contributed by atoms with Gasteiger partial charge in [-0.15, -0.1) is 0 Å². The van der Waals surface area contributed by atoms with Crippen LogP contribution in [-0.4, -0.2) is 18.7 Å². The smallest absolute Gasteiger partial charge is 0.101 e. The summed E-state index contributed by atoms with van der Waals surface area (Å²) in [5.41, 5.74) is 7.09. The van der Waals surface area contributed by atoms with Crippen molar-refractivity contribution in [3.05, 3.63) is 29.6 Å². The van der Waals surface area contributed by atoms with Gasteiger partial charge in [0.15, 0.2) is 0 Å². The molecular formula is C9H11N3O. The van der Waals surface area contributed by atoms with Crippen LogP contribution in [0.3, 0.4) is 0 Å². The molecule has 0 radical (unpaired) electrons. The van der Waals surface area contributed by atoms with Crippen LogP contribution in [0.4, 0.5) is 0 Å². The lowest BCUT2D eigenvalue weighted by Crippen LogP contribution is -2.16. The van der Waals surface area contributed by atoms with Gasteiger partial charge in [-0.3, -0.25) is 4.98 Å². The summed E-state index contributed by atoms with van der Waals surface area (Å²) in [5.74, 6) is 0. The van der Waals surface area contributed by atoms with Gasteiger partial charge < -0.3 is 10.5 Å².